The van der Waals surface area contributed by atoms with Crippen molar-refractivity contribution < 1.29 is 19.1 Å². The molecule has 2 rings (SSSR count). The van der Waals surface area contributed by atoms with Crippen LogP contribution in [0, 0.1) is 0 Å². The van der Waals surface area contributed by atoms with Gasteiger partial charge in [0.25, 0.3) is 0 Å². The molecular formula is C17H20ClN3O4S. The highest BCUT2D eigenvalue weighted by Gasteiger charge is 2.34. The Balaban J connectivity index is 1.98. The van der Waals surface area contributed by atoms with Gasteiger partial charge in [0.1, 0.15) is 6.04 Å². The number of rotatable bonds is 5. The minimum absolute atomic E-state index is 0.119. The van der Waals surface area contributed by atoms with E-state index in [1.165, 1.54) is 0 Å². The lowest BCUT2D eigenvalue weighted by Gasteiger charge is -2.36. The normalized spacial score (nSPS) is 16.6. The van der Waals surface area contributed by atoms with E-state index in [-0.39, 0.29) is 36.4 Å². The molecule has 26 heavy (non-hydrogen) atoms. The number of benzene rings is 1. The summed E-state index contributed by atoms with van der Waals surface area (Å²) in [5.74, 6) is -1.12. The van der Waals surface area contributed by atoms with Gasteiger partial charge in [-0.2, -0.15) is 0 Å². The number of nitrogens with zero attached hydrogens (tertiary/aromatic N) is 1. The lowest BCUT2D eigenvalue weighted by molar-refractivity contribution is -0.147. The maximum absolute atomic E-state index is 12.2. The summed E-state index contributed by atoms with van der Waals surface area (Å²) < 4.78 is 4.90. The number of ether oxygens (including phenoxy) is 1. The van der Waals surface area contributed by atoms with Crippen LogP contribution in [0.1, 0.15) is 18.9 Å². The van der Waals surface area contributed by atoms with Crippen LogP contribution >= 0.6 is 23.8 Å². The molecule has 1 heterocycles. The van der Waals surface area contributed by atoms with E-state index in [1.54, 1.807) is 36.1 Å². The molecule has 0 aliphatic carbocycles. The summed E-state index contributed by atoms with van der Waals surface area (Å²) >= 11 is 11.1. The minimum Gasteiger partial charge on any atom is -0.466 e. The number of carbonyl (C=O) groups excluding carboxylic acids is 3. The molecule has 9 heteroatoms. The van der Waals surface area contributed by atoms with Crippen molar-refractivity contribution in [3.05, 3.63) is 34.9 Å². The maximum Gasteiger partial charge on any atom is 0.308 e. The predicted octanol–water partition coefficient (Wildman–Crippen LogP) is 1.04. The molecule has 7 nitrogen and oxygen atoms in total. The van der Waals surface area contributed by atoms with Gasteiger partial charge in [0, 0.05) is 18.1 Å². The van der Waals surface area contributed by atoms with Gasteiger partial charge in [-0.15, -0.1) is 0 Å². The third kappa shape index (κ3) is 5.67. The molecule has 0 bridgehead atoms. The Kier molecular flexibility index (Phi) is 7.35. The molecule has 0 spiro atoms. The highest BCUT2D eigenvalue weighted by molar-refractivity contribution is 7.80. The van der Waals surface area contributed by atoms with Gasteiger partial charge in [-0.25, -0.2) is 0 Å². The van der Waals surface area contributed by atoms with E-state index in [0.717, 1.165) is 5.56 Å². The van der Waals surface area contributed by atoms with Crippen LogP contribution in [0.15, 0.2) is 24.3 Å². The van der Waals surface area contributed by atoms with Gasteiger partial charge in [-0.3, -0.25) is 14.4 Å². The van der Waals surface area contributed by atoms with Crippen LogP contribution in [0.4, 0.5) is 0 Å². The van der Waals surface area contributed by atoms with Crippen LogP contribution < -0.4 is 10.6 Å². The van der Waals surface area contributed by atoms with Crippen LogP contribution in [0.3, 0.4) is 0 Å². The first kappa shape index (κ1) is 20.1. The molecule has 1 aliphatic heterocycles. The number of halogens is 1. The van der Waals surface area contributed by atoms with E-state index in [9.17, 15) is 14.4 Å². The van der Waals surface area contributed by atoms with Crippen LogP contribution in [-0.2, 0) is 25.5 Å². The summed E-state index contributed by atoms with van der Waals surface area (Å²) in [6.45, 7) is 2.70. The van der Waals surface area contributed by atoms with Crippen molar-refractivity contribution in [1.82, 2.24) is 15.5 Å². The Hall–Kier alpha value is -2.19. The zero-order valence-corrected chi connectivity index (χ0v) is 15.9. The summed E-state index contributed by atoms with van der Waals surface area (Å²) in [6.07, 6.45) is -0.00719. The summed E-state index contributed by atoms with van der Waals surface area (Å²) in [5, 5.41) is 6.02. The molecule has 1 fully saturated rings. The Morgan fingerprint density at radius 3 is 2.73 bits per heavy atom. The molecule has 0 saturated carbocycles. The van der Waals surface area contributed by atoms with Crippen molar-refractivity contribution in [2.45, 2.75) is 25.8 Å². The van der Waals surface area contributed by atoms with E-state index < -0.39 is 12.0 Å². The van der Waals surface area contributed by atoms with Crippen LogP contribution in [0.2, 0.25) is 5.02 Å². The standard InChI is InChI=1S/C17H20ClN3O4S/c1-2-25-15(23)10-13-16(24)19-7-8-21(13)17(26)20-14(22)9-11-3-5-12(18)6-4-11/h3-6,13H,2,7-10H2,1H3,(H,19,24)(H,20,22,26)/t13-/m0/s1. The van der Waals surface area contributed by atoms with E-state index >= 15 is 0 Å². The molecule has 0 unspecified atom stereocenters. The first-order valence-corrected chi connectivity index (χ1v) is 8.97. The molecule has 1 aliphatic rings. The van der Waals surface area contributed by atoms with E-state index in [0.29, 0.717) is 18.1 Å². The topological polar surface area (TPSA) is 87.7 Å². The van der Waals surface area contributed by atoms with E-state index in [2.05, 4.69) is 10.6 Å². The largest absolute Gasteiger partial charge is 0.466 e. The average molecular weight is 398 g/mol. The van der Waals surface area contributed by atoms with Crippen molar-refractivity contribution in [1.29, 1.82) is 0 Å². The second-order valence-electron chi connectivity index (χ2n) is 5.67. The summed E-state index contributed by atoms with van der Waals surface area (Å²) in [6, 6.07) is 6.11. The SMILES string of the molecule is CCOC(=O)C[C@H]1C(=O)NCCN1C(=S)NC(=O)Cc1ccc(Cl)cc1. The molecule has 1 saturated heterocycles. The van der Waals surface area contributed by atoms with Gasteiger partial charge < -0.3 is 20.3 Å². The highest BCUT2D eigenvalue weighted by atomic mass is 35.5. The third-order valence-electron chi connectivity index (χ3n) is 3.78. The smallest absolute Gasteiger partial charge is 0.308 e. The fraction of sp³-hybridized carbons (Fsp3) is 0.412. The Labute approximate surface area is 162 Å². The number of piperazine rings is 1. The minimum atomic E-state index is -0.800. The van der Waals surface area contributed by atoms with Gasteiger partial charge in [-0.1, -0.05) is 23.7 Å². The van der Waals surface area contributed by atoms with Gasteiger partial charge >= 0.3 is 5.97 Å². The molecule has 1 aromatic carbocycles. The number of nitrogens with one attached hydrogen (secondary N) is 2. The second kappa shape index (κ2) is 9.49. The Morgan fingerprint density at radius 1 is 1.38 bits per heavy atom. The van der Waals surface area contributed by atoms with Crippen LogP contribution in [0.25, 0.3) is 0 Å². The van der Waals surface area contributed by atoms with E-state index in [4.69, 9.17) is 28.6 Å². The maximum atomic E-state index is 12.2. The van der Waals surface area contributed by atoms with Gasteiger partial charge in [0.05, 0.1) is 19.4 Å². The number of amides is 2. The summed E-state index contributed by atoms with van der Waals surface area (Å²) in [5.41, 5.74) is 0.786. The zero-order chi connectivity index (χ0) is 19.1. The molecule has 1 aromatic rings. The van der Waals surface area contributed by atoms with Crippen molar-refractivity contribution in [2.24, 2.45) is 0 Å². The van der Waals surface area contributed by atoms with Crippen molar-refractivity contribution in [3.8, 4) is 0 Å². The number of carbonyl (C=O) groups is 3. The lowest BCUT2D eigenvalue weighted by atomic mass is 10.1. The monoisotopic (exact) mass is 397 g/mol. The predicted molar refractivity (Wildman–Crippen MR) is 101 cm³/mol. The van der Waals surface area contributed by atoms with Crippen molar-refractivity contribution >= 4 is 46.7 Å². The first-order chi connectivity index (χ1) is 12.4. The number of hydrogen-bond donors (Lipinski definition) is 2. The third-order valence-corrected chi connectivity index (χ3v) is 4.37. The van der Waals surface area contributed by atoms with Gasteiger partial charge in [-0.05, 0) is 36.8 Å². The summed E-state index contributed by atoms with van der Waals surface area (Å²) in [4.78, 5) is 37.6. The Bertz CT molecular complexity index is 696. The molecule has 0 radical (unpaired) electrons. The quantitative estimate of drug-likeness (QED) is 0.570. The van der Waals surface area contributed by atoms with Gasteiger partial charge in [0.15, 0.2) is 5.11 Å². The molecule has 1 atom stereocenters. The zero-order valence-electron chi connectivity index (χ0n) is 14.3. The van der Waals surface area contributed by atoms with Crippen LogP contribution in [-0.4, -0.2) is 53.5 Å². The molecule has 2 N–H and O–H groups in total. The number of hydrogen-bond acceptors (Lipinski definition) is 5. The fourth-order valence-corrected chi connectivity index (χ4v) is 3.02. The van der Waals surface area contributed by atoms with Crippen LogP contribution in [0.5, 0.6) is 0 Å². The Morgan fingerprint density at radius 2 is 2.08 bits per heavy atom. The van der Waals surface area contributed by atoms with Crippen molar-refractivity contribution in [3.63, 3.8) is 0 Å². The molecule has 2 amide bonds. The fourth-order valence-electron chi connectivity index (χ4n) is 2.56. The lowest BCUT2D eigenvalue weighted by Crippen LogP contribution is -2.60. The summed E-state index contributed by atoms with van der Waals surface area (Å²) in [7, 11) is 0. The average Bonchev–Trinajstić information content (AvgIpc) is 2.59. The molecule has 140 valence electrons. The number of esters is 1. The van der Waals surface area contributed by atoms with Crippen molar-refractivity contribution in [2.75, 3.05) is 19.7 Å². The second-order valence-corrected chi connectivity index (χ2v) is 6.49. The van der Waals surface area contributed by atoms with E-state index in [1.807, 2.05) is 0 Å². The molecule has 0 aromatic heterocycles. The highest BCUT2D eigenvalue weighted by Crippen LogP contribution is 2.12. The molecular weight excluding hydrogens is 378 g/mol. The number of thiocarbonyl (C=S) groups is 1. The van der Waals surface area contributed by atoms with Gasteiger partial charge in [0.2, 0.25) is 11.8 Å². The first-order valence-electron chi connectivity index (χ1n) is 8.19.